The van der Waals surface area contributed by atoms with Crippen LogP contribution >= 0.6 is 15.9 Å². The molecule has 118 valence electrons. The van der Waals surface area contributed by atoms with Gasteiger partial charge in [0.05, 0.1) is 5.56 Å². The molecule has 1 nitrogen and oxygen atoms in total. The van der Waals surface area contributed by atoms with Gasteiger partial charge in [-0.3, -0.25) is 0 Å². The van der Waals surface area contributed by atoms with Crippen molar-refractivity contribution in [2.24, 2.45) is 5.92 Å². The predicted octanol–water partition coefficient (Wildman–Crippen LogP) is 5.70. The van der Waals surface area contributed by atoms with Crippen LogP contribution in [0.25, 0.3) is 0 Å². The molecule has 1 aliphatic carbocycles. The second-order valence-corrected chi connectivity index (χ2v) is 6.58. The Hall–Kier alpha value is -0.550. The summed E-state index contributed by atoms with van der Waals surface area (Å²) in [6.07, 6.45) is 1.12. The van der Waals surface area contributed by atoms with Gasteiger partial charge in [0, 0.05) is 10.5 Å². The standard InChI is InChI=1S/C16H21BrF3N/c1-2-21-15(11-6-4-3-5-7-11)13-9-8-12(17)10-14(13)16(18,19)20/h8-11,15,21H,2-7H2,1H3. The maximum atomic E-state index is 13.3. The Morgan fingerprint density at radius 2 is 1.90 bits per heavy atom. The first kappa shape index (κ1) is 16.8. The van der Waals surface area contributed by atoms with Crippen LogP contribution in [0.1, 0.15) is 56.2 Å². The van der Waals surface area contributed by atoms with Crippen LogP contribution < -0.4 is 5.32 Å². The van der Waals surface area contributed by atoms with Crippen LogP contribution in [0.15, 0.2) is 22.7 Å². The first-order valence-corrected chi connectivity index (χ1v) is 8.32. The molecule has 0 spiro atoms. The van der Waals surface area contributed by atoms with Gasteiger partial charge < -0.3 is 5.32 Å². The highest BCUT2D eigenvalue weighted by Crippen LogP contribution is 2.41. The van der Waals surface area contributed by atoms with Crippen LogP contribution in [0.4, 0.5) is 13.2 Å². The minimum Gasteiger partial charge on any atom is -0.310 e. The third kappa shape index (κ3) is 4.22. The zero-order chi connectivity index (χ0) is 15.5. The zero-order valence-electron chi connectivity index (χ0n) is 12.1. The highest BCUT2D eigenvalue weighted by molar-refractivity contribution is 9.10. The van der Waals surface area contributed by atoms with Gasteiger partial charge in [0.1, 0.15) is 0 Å². The molecule has 1 N–H and O–H groups in total. The van der Waals surface area contributed by atoms with E-state index in [9.17, 15) is 13.2 Å². The molecule has 0 heterocycles. The average Bonchev–Trinajstić information content (AvgIpc) is 2.45. The van der Waals surface area contributed by atoms with E-state index in [1.54, 1.807) is 12.1 Å². The third-order valence-electron chi connectivity index (χ3n) is 4.20. The normalized spacial score (nSPS) is 18.7. The molecule has 21 heavy (non-hydrogen) atoms. The van der Waals surface area contributed by atoms with Crippen LogP contribution in [0.2, 0.25) is 0 Å². The molecule has 1 aromatic carbocycles. The van der Waals surface area contributed by atoms with E-state index in [0.717, 1.165) is 25.7 Å². The third-order valence-corrected chi connectivity index (χ3v) is 4.69. The Kier molecular flexibility index (Phi) is 5.72. The molecule has 0 bridgehead atoms. The molecule has 1 unspecified atom stereocenters. The van der Waals surface area contributed by atoms with E-state index < -0.39 is 11.7 Å². The lowest BCUT2D eigenvalue weighted by atomic mass is 9.80. The van der Waals surface area contributed by atoms with E-state index in [2.05, 4.69) is 21.2 Å². The summed E-state index contributed by atoms with van der Waals surface area (Å²) in [5, 5.41) is 3.29. The van der Waals surface area contributed by atoms with Crippen molar-refractivity contribution in [3.8, 4) is 0 Å². The Morgan fingerprint density at radius 1 is 1.24 bits per heavy atom. The molecule has 1 aromatic rings. The minimum absolute atomic E-state index is 0.208. The Morgan fingerprint density at radius 3 is 2.48 bits per heavy atom. The lowest BCUT2D eigenvalue weighted by Crippen LogP contribution is -2.31. The summed E-state index contributed by atoms with van der Waals surface area (Å²) in [5.41, 5.74) is -0.132. The van der Waals surface area contributed by atoms with Crippen molar-refractivity contribution in [3.05, 3.63) is 33.8 Å². The smallest absolute Gasteiger partial charge is 0.310 e. The second-order valence-electron chi connectivity index (χ2n) is 5.66. The number of benzene rings is 1. The molecule has 0 radical (unpaired) electrons. The van der Waals surface area contributed by atoms with Crippen LogP contribution in [-0.2, 0) is 6.18 Å². The number of hydrogen-bond donors (Lipinski definition) is 1. The Balaban J connectivity index is 2.39. The van der Waals surface area contributed by atoms with Gasteiger partial charge in [-0.05, 0) is 43.0 Å². The summed E-state index contributed by atoms with van der Waals surface area (Å²) in [6, 6.07) is 4.31. The van der Waals surface area contributed by atoms with E-state index >= 15 is 0 Å². The van der Waals surface area contributed by atoms with Gasteiger partial charge in [0.25, 0.3) is 0 Å². The van der Waals surface area contributed by atoms with Gasteiger partial charge in [0.15, 0.2) is 0 Å². The molecule has 2 rings (SSSR count). The molecule has 1 fully saturated rings. The van der Waals surface area contributed by atoms with Crippen LogP contribution in [0, 0.1) is 5.92 Å². The predicted molar refractivity (Wildman–Crippen MR) is 82.1 cm³/mol. The molecule has 1 saturated carbocycles. The second kappa shape index (κ2) is 7.14. The molecule has 0 aliphatic heterocycles. The van der Waals surface area contributed by atoms with Crippen molar-refractivity contribution in [3.63, 3.8) is 0 Å². The van der Waals surface area contributed by atoms with Gasteiger partial charge >= 0.3 is 6.18 Å². The first-order valence-electron chi connectivity index (χ1n) is 7.53. The summed E-state index contributed by atoms with van der Waals surface area (Å²) in [6.45, 7) is 2.62. The van der Waals surface area contributed by atoms with Crippen molar-refractivity contribution in [1.82, 2.24) is 5.32 Å². The van der Waals surface area contributed by atoms with Crippen molar-refractivity contribution < 1.29 is 13.2 Å². The van der Waals surface area contributed by atoms with E-state index in [4.69, 9.17) is 0 Å². The monoisotopic (exact) mass is 363 g/mol. The van der Waals surface area contributed by atoms with Crippen molar-refractivity contribution in [2.75, 3.05) is 6.54 Å². The first-order chi connectivity index (χ1) is 9.93. The van der Waals surface area contributed by atoms with Crippen molar-refractivity contribution in [2.45, 2.75) is 51.2 Å². The van der Waals surface area contributed by atoms with Crippen molar-refractivity contribution >= 4 is 15.9 Å². The highest BCUT2D eigenvalue weighted by atomic mass is 79.9. The maximum Gasteiger partial charge on any atom is 0.416 e. The number of rotatable bonds is 4. The molecule has 5 heteroatoms. The van der Waals surface area contributed by atoms with Gasteiger partial charge in [-0.15, -0.1) is 0 Å². The summed E-state index contributed by atoms with van der Waals surface area (Å²) >= 11 is 3.15. The summed E-state index contributed by atoms with van der Waals surface area (Å²) in [7, 11) is 0. The van der Waals surface area contributed by atoms with E-state index in [0.29, 0.717) is 22.5 Å². The topological polar surface area (TPSA) is 12.0 Å². The fourth-order valence-electron chi connectivity index (χ4n) is 3.26. The maximum absolute atomic E-state index is 13.3. The van der Waals surface area contributed by atoms with Gasteiger partial charge in [0.2, 0.25) is 0 Å². The quantitative estimate of drug-likeness (QED) is 0.723. The lowest BCUT2D eigenvalue weighted by molar-refractivity contribution is -0.138. The lowest BCUT2D eigenvalue weighted by Gasteiger charge is -2.32. The molecular formula is C16H21BrF3N. The molecule has 0 saturated heterocycles. The Labute approximate surface area is 132 Å². The molecule has 0 amide bonds. The highest BCUT2D eigenvalue weighted by Gasteiger charge is 2.37. The molecular weight excluding hydrogens is 343 g/mol. The number of hydrogen-bond acceptors (Lipinski definition) is 1. The minimum atomic E-state index is -4.32. The van der Waals surface area contributed by atoms with E-state index in [-0.39, 0.29) is 6.04 Å². The number of halogens is 4. The SMILES string of the molecule is CCNC(c1ccc(Br)cc1C(F)(F)F)C1CCCCC1. The fraction of sp³-hybridized carbons (Fsp3) is 0.625. The number of nitrogens with one attached hydrogen (secondary N) is 1. The van der Waals surface area contributed by atoms with Gasteiger partial charge in [-0.1, -0.05) is 48.2 Å². The van der Waals surface area contributed by atoms with Gasteiger partial charge in [-0.25, -0.2) is 0 Å². The van der Waals surface area contributed by atoms with Crippen molar-refractivity contribution in [1.29, 1.82) is 0 Å². The van der Waals surface area contributed by atoms with E-state index in [1.807, 2.05) is 6.92 Å². The van der Waals surface area contributed by atoms with E-state index in [1.165, 1.54) is 12.5 Å². The van der Waals surface area contributed by atoms with Crippen LogP contribution in [0.5, 0.6) is 0 Å². The fourth-order valence-corrected chi connectivity index (χ4v) is 3.62. The average molecular weight is 364 g/mol. The molecule has 1 aliphatic rings. The van der Waals surface area contributed by atoms with Crippen LogP contribution in [-0.4, -0.2) is 6.54 Å². The number of alkyl halides is 3. The van der Waals surface area contributed by atoms with Crippen LogP contribution in [0.3, 0.4) is 0 Å². The summed E-state index contributed by atoms with van der Waals surface area (Å²) in [5.74, 6) is 0.293. The molecule has 1 atom stereocenters. The largest absolute Gasteiger partial charge is 0.416 e. The summed E-state index contributed by atoms with van der Waals surface area (Å²) in [4.78, 5) is 0. The Bertz CT molecular complexity index is 467. The summed E-state index contributed by atoms with van der Waals surface area (Å²) < 4.78 is 40.5. The zero-order valence-corrected chi connectivity index (χ0v) is 13.7. The molecule has 0 aromatic heterocycles. The van der Waals surface area contributed by atoms with Gasteiger partial charge in [-0.2, -0.15) is 13.2 Å².